The first kappa shape index (κ1) is 18.2. The lowest BCUT2D eigenvalue weighted by Crippen LogP contribution is -2.50. The smallest absolute Gasteiger partial charge is 0.224 e. The summed E-state index contributed by atoms with van der Waals surface area (Å²) < 4.78 is 0. The third-order valence-electron chi connectivity index (χ3n) is 3.11. The number of amides is 2. The molecular formula is C13H26ClN3O2. The van der Waals surface area contributed by atoms with Crippen molar-refractivity contribution in [3.8, 4) is 0 Å². The summed E-state index contributed by atoms with van der Waals surface area (Å²) in [6.45, 7) is 5.23. The van der Waals surface area contributed by atoms with Gasteiger partial charge >= 0.3 is 0 Å². The molecule has 2 atom stereocenters. The molecule has 0 radical (unpaired) electrons. The molecule has 1 saturated heterocycles. The Labute approximate surface area is 121 Å². The van der Waals surface area contributed by atoms with Crippen LogP contribution >= 0.6 is 12.4 Å². The van der Waals surface area contributed by atoms with Crippen LogP contribution in [-0.4, -0.2) is 41.9 Å². The van der Waals surface area contributed by atoms with Crippen molar-refractivity contribution < 1.29 is 9.59 Å². The first-order chi connectivity index (χ1) is 8.52. The number of nitrogens with zero attached hydrogens (tertiary/aromatic N) is 1. The molecule has 2 amide bonds. The number of hydrogen-bond acceptors (Lipinski definition) is 3. The molecule has 0 saturated carbocycles. The van der Waals surface area contributed by atoms with Crippen LogP contribution in [0.4, 0.5) is 0 Å². The van der Waals surface area contributed by atoms with Crippen LogP contribution in [0.3, 0.4) is 0 Å². The monoisotopic (exact) mass is 291 g/mol. The molecule has 3 N–H and O–H groups in total. The Hall–Kier alpha value is -0.810. The second kappa shape index (κ2) is 9.15. The Morgan fingerprint density at radius 2 is 2.16 bits per heavy atom. The third-order valence-corrected chi connectivity index (χ3v) is 3.11. The van der Waals surface area contributed by atoms with Gasteiger partial charge in [-0.15, -0.1) is 12.4 Å². The van der Waals surface area contributed by atoms with E-state index in [4.69, 9.17) is 5.73 Å². The Bertz CT molecular complexity index is 298. The Morgan fingerprint density at radius 1 is 1.47 bits per heavy atom. The highest BCUT2D eigenvalue weighted by atomic mass is 35.5. The highest BCUT2D eigenvalue weighted by Crippen LogP contribution is 2.12. The van der Waals surface area contributed by atoms with Crippen LogP contribution < -0.4 is 11.1 Å². The van der Waals surface area contributed by atoms with E-state index in [0.717, 1.165) is 25.8 Å². The summed E-state index contributed by atoms with van der Waals surface area (Å²) >= 11 is 0. The van der Waals surface area contributed by atoms with Gasteiger partial charge in [-0.1, -0.05) is 6.92 Å². The summed E-state index contributed by atoms with van der Waals surface area (Å²) in [6, 6.07) is 0.00221. The van der Waals surface area contributed by atoms with Crippen molar-refractivity contribution in [3.63, 3.8) is 0 Å². The molecule has 6 heteroatoms. The van der Waals surface area contributed by atoms with Crippen molar-refractivity contribution in [2.24, 2.45) is 5.73 Å². The number of rotatable bonds is 5. The van der Waals surface area contributed by atoms with Crippen LogP contribution in [0, 0.1) is 0 Å². The van der Waals surface area contributed by atoms with E-state index in [1.54, 1.807) is 0 Å². The zero-order valence-electron chi connectivity index (χ0n) is 11.9. The molecular weight excluding hydrogens is 266 g/mol. The van der Waals surface area contributed by atoms with Gasteiger partial charge in [-0.05, 0) is 26.2 Å². The Kier molecular flexibility index (Phi) is 8.76. The second-order valence-electron chi connectivity index (χ2n) is 5.18. The topological polar surface area (TPSA) is 75.4 Å². The number of halogens is 1. The van der Waals surface area contributed by atoms with E-state index in [2.05, 4.69) is 5.32 Å². The van der Waals surface area contributed by atoms with E-state index >= 15 is 0 Å². The fraction of sp³-hybridized carbons (Fsp3) is 0.846. The summed E-state index contributed by atoms with van der Waals surface area (Å²) in [4.78, 5) is 25.3. The molecule has 0 spiro atoms. The fourth-order valence-corrected chi connectivity index (χ4v) is 2.25. The van der Waals surface area contributed by atoms with Crippen LogP contribution in [-0.2, 0) is 9.59 Å². The molecule has 0 aromatic rings. The predicted octanol–water partition coefficient (Wildman–Crippen LogP) is 1.05. The summed E-state index contributed by atoms with van der Waals surface area (Å²) in [6.07, 6.45) is 3.70. The third kappa shape index (κ3) is 6.78. The van der Waals surface area contributed by atoms with E-state index < -0.39 is 0 Å². The van der Waals surface area contributed by atoms with Crippen LogP contribution in [0.25, 0.3) is 0 Å². The molecule has 19 heavy (non-hydrogen) atoms. The zero-order valence-corrected chi connectivity index (χ0v) is 12.7. The lowest BCUT2D eigenvalue weighted by molar-refractivity contribution is -0.133. The summed E-state index contributed by atoms with van der Waals surface area (Å²) in [5.41, 5.74) is 5.64. The maximum atomic E-state index is 11.9. The Balaban J connectivity index is 0.00000324. The fourth-order valence-electron chi connectivity index (χ4n) is 2.25. The van der Waals surface area contributed by atoms with Crippen LogP contribution in [0.5, 0.6) is 0 Å². The lowest BCUT2D eigenvalue weighted by Gasteiger charge is -2.33. The van der Waals surface area contributed by atoms with Gasteiger partial charge in [0.15, 0.2) is 0 Å². The number of hydrogen-bond donors (Lipinski definition) is 2. The van der Waals surface area contributed by atoms with Crippen molar-refractivity contribution in [1.82, 2.24) is 10.2 Å². The number of carbonyl (C=O) groups excluding carboxylic acids is 2. The molecule has 1 fully saturated rings. The molecule has 0 bridgehead atoms. The quantitative estimate of drug-likeness (QED) is 0.795. The van der Waals surface area contributed by atoms with E-state index in [1.807, 2.05) is 18.7 Å². The standard InChI is InChI=1S/C13H25N3O2.ClH/c1-3-5-12(17)15-11-6-4-7-16(9-11)13(18)8-10(2)14;/h10-11H,3-9,14H2,1-2H3,(H,15,17);1H. The summed E-state index contributed by atoms with van der Waals surface area (Å²) in [7, 11) is 0. The molecule has 2 unspecified atom stereocenters. The normalized spacial score (nSPS) is 20.4. The molecule has 0 aromatic carbocycles. The van der Waals surface area contributed by atoms with E-state index in [1.165, 1.54) is 0 Å². The van der Waals surface area contributed by atoms with Crippen molar-refractivity contribution in [1.29, 1.82) is 0 Å². The average molecular weight is 292 g/mol. The largest absolute Gasteiger partial charge is 0.352 e. The van der Waals surface area contributed by atoms with Gasteiger partial charge in [0.05, 0.1) is 0 Å². The molecule has 1 heterocycles. The minimum Gasteiger partial charge on any atom is -0.352 e. The zero-order chi connectivity index (χ0) is 13.5. The van der Waals surface area contributed by atoms with Gasteiger partial charge in [0.1, 0.15) is 0 Å². The molecule has 1 aliphatic heterocycles. The minimum atomic E-state index is -0.104. The van der Waals surface area contributed by atoms with Crippen LogP contribution in [0.1, 0.15) is 46.0 Å². The van der Waals surface area contributed by atoms with Crippen molar-refractivity contribution in [2.45, 2.75) is 58.0 Å². The average Bonchev–Trinajstić information content (AvgIpc) is 2.28. The van der Waals surface area contributed by atoms with Crippen molar-refractivity contribution in [2.75, 3.05) is 13.1 Å². The van der Waals surface area contributed by atoms with E-state index in [0.29, 0.717) is 19.4 Å². The number of carbonyl (C=O) groups is 2. The van der Waals surface area contributed by atoms with Gasteiger partial charge < -0.3 is 16.0 Å². The van der Waals surface area contributed by atoms with Crippen LogP contribution in [0.15, 0.2) is 0 Å². The van der Waals surface area contributed by atoms with Gasteiger partial charge in [-0.2, -0.15) is 0 Å². The van der Waals surface area contributed by atoms with E-state index in [9.17, 15) is 9.59 Å². The number of nitrogens with two attached hydrogens (primary N) is 1. The lowest BCUT2D eigenvalue weighted by atomic mass is 10.0. The number of nitrogens with one attached hydrogen (secondary N) is 1. The maximum absolute atomic E-state index is 11.9. The SMILES string of the molecule is CCCC(=O)NC1CCCN(C(=O)CC(C)N)C1.Cl. The van der Waals surface area contributed by atoms with Gasteiger partial charge in [0.25, 0.3) is 0 Å². The minimum absolute atomic E-state index is 0. The van der Waals surface area contributed by atoms with E-state index in [-0.39, 0.29) is 36.3 Å². The summed E-state index contributed by atoms with van der Waals surface area (Å²) in [5.74, 6) is 0.184. The highest BCUT2D eigenvalue weighted by Gasteiger charge is 2.24. The molecule has 0 aliphatic carbocycles. The first-order valence-electron chi connectivity index (χ1n) is 6.85. The van der Waals surface area contributed by atoms with Crippen LogP contribution in [0.2, 0.25) is 0 Å². The summed E-state index contributed by atoms with van der Waals surface area (Å²) in [5, 5.41) is 2.99. The van der Waals surface area contributed by atoms with Gasteiger partial charge in [-0.25, -0.2) is 0 Å². The number of piperidine rings is 1. The first-order valence-corrected chi connectivity index (χ1v) is 6.85. The number of likely N-dealkylation sites (tertiary alicyclic amines) is 1. The van der Waals surface area contributed by atoms with Crippen molar-refractivity contribution >= 4 is 24.2 Å². The van der Waals surface area contributed by atoms with Crippen molar-refractivity contribution in [3.05, 3.63) is 0 Å². The van der Waals surface area contributed by atoms with Gasteiger partial charge in [0, 0.05) is 38.0 Å². The highest BCUT2D eigenvalue weighted by molar-refractivity contribution is 5.85. The predicted molar refractivity (Wildman–Crippen MR) is 78.2 cm³/mol. The van der Waals surface area contributed by atoms with Gasteiger partial charge in [0.2, 0.25) is 11.8 Å². The Morgan fingerprint density at radius 3 is 2.74 bits per heavy atom. The molecule has 0 aromatic heterocycles. The molecule has 112 valence electrons. The molecule has 1 rings (SSSR count). The maximum Gasteiger partial charge on any atom is 0.224 e. The van der Waals surface area contributed by atoms with Gasteiger partial charge in [-0.3, -0.25) is 9.59 Å². The molecule has 1 aliphatic rings. The molecule has 5 nitrogen and oxygen atoms in total. The second-order valence-corrected chi connectivity index (χ2v) is 5.18.